The van der Waals surface area contributed by atoms with Crippen LogP contribution in [0.3, 0.4) is 0 Å². The van der Waals surface area contributed by atoms with Crippen LogP contribution in [-0.2, 0) is 11.2 Å². The minimum atomic E-state index is -2.71. The normalized spacial score (nSPS) is 14.4. The van der Waals surface area contributed by atoms with Crippen LogP contribution in [0.4, 0.5) is 8.78 Å². The van der Waals surface area contributed by atoms with Gasteiger partial charge in [-0.3, -0.25) is 4.79 Å². The third-order valence-electron chi connectivity index (χ3n) is 3.53. The Hall–Kier alpha value is -1.50. The van der Waals surface area contributed by atoms with E-state index in [4.69, 9.17) is 5.11 Å². The van der Waals surface area contributed by atoms with E-state index in [1.165, 1.54) is 6.92 Å². The molecule has 1 aromatic heterocycles. The van der Waals surface area contributed by atoms with Crippen LogP contribution < -0.4 is 5.32 Å². The predicted octanol–water partition coefficient (Wildman–Crippen LogP) is 1.57. The van der Waals surface area contributed by atoms with Gasteiger partial charge >= 0.3 is 6.55 Å². The van der Waals surface area contributed by atoms with E-state index in [-0.39, 0.29) is 30.9 Å². The molecule has 1 aromatic rings. The van der Waals surface area contributed by atoms with Crippen LogP contribution in [0.2, 0.25) is 0 Å². The predicted molar refractivity (Wildman–Crippen MR) is 70.5 cm³/mol. The highest BCUT2D eigenvalue weighted by Gasteiger charge is 2.20. The standard InChI is InChI=1S/C13H21F2N3O2/c1-7(6-19)8(2)16-12(20)5-11-9(3)17-18(10(11)4)13(14)15/h7-8,13,19H,5-6H2,1-4H3,(H,16,20). The van der Waals surface area contributed by atoms with Crippen LogP contribution in [0, 0.1) is 19.8 Å². The van der Waals surface area contributed by atoms with Gasteiger partial charge in [0, 0.05) is 23.9 Å². The monoisotopic (exact) mass is 289 g/mol. The molecule has 0 aliphatic heterocycles. The Labute approximate surface area is 117 Å². The first kappa shape index (κ1) is 16.6. The average molecular weight is 289 g/mol. The van der Waals surface area contributed by atoms with Crippen molar-refractivity contribution in [3.63, 3.8) is 0 Å². The Morgan fingerprint density at radius 3 is 2.45 bits per heavy atom. The lowest BCUT2D eigenvalue weighted by atomic mass is 10.0. The molecule has 20 heavy (non-hydrogen) atoms. The number of carbonyl (C=O) groups excluding carboxylic acids is 1. The lowest BCUT2D eigenvalue weighted by Gasteiger charge is -2.19. The summed E-state index contributed by atoms with van der Waals surface area (Å²) in [6, 6.07) is -0.182. The molecule has 114 valence electrons. The van der Waals surface area contributed by atoms with Gasteiger partial charge in [0.05, 0.1) is 12.1 Å². The summed E-state index contributed by atoms with van der Waals surface area (Å²) in [5, 5.41) is 15.5. The van der Waals surface area contributed by atoms with E-state index in [2.05, 4.69) is 10.4 Å². The number of hydrogen-bond acceptors (Lipinski definition) is 3. The Kier molecular flexibility index (Phi) is 5.62. The summed E-state index contributed by atoms with van der Waals surface area (Å²) < 4.78 is 26.0. The molecular weight excluding hydrogens is 268 g/mol. The number of amides is 1. The zero-order valence-electron chi connectivity index (χ0n) is 12.2. The van der Waals surface area contributed by atoms with Gasteiger partial charge in [0.1, 0.15) is 0 Å². The molecule has 0 spiro atoms. The topological polar surface area (TPSA) is 67.2 Å². The molecule has 5 nitrogen and oxygen atoms in total. The van der Waals surface area contributed by atoms with Gasteiger partial charge in [0.2, 0.25) is 5.91 Å². The van der Waals surface area contributed by atoms with Gasteiger partial charge in [-0.25, -0.2) is 4.68 Å². The number of hydrogen-bond donors (Lipinski definition) is 2. The fourth-order valence-corrected chi connectivity index (χ4v) is 1.91. The SMILES string of the molecule is Cc1nn(C(F)F)c(C)c1CC(=O)NC(C)C(C)CO. The van der Waals surface area contributed by atoms with Crippen LogP contribution in [0.25, 0.3) is 0 Å². The number of aromatic nitrogens is 2. The number of carbonyl (C=O) groups is 1. The molecule has 0 fully saturated rings. The first-order valence-corrected chi connectivity index (χ1v) is 6.50. The Morgan fingerprint density at radius 2 is 2.00 bits per heavy atom. The van der Waals surface area contributed by atoms with Crippen LogP contribution in [0.15, 0.2) is 0 Å². The van der Waals surface area contributed by atoms with Crippen molar-refractivity contribution in [2.75, 3.05) is 6.61 Å². The number of aliphatic hydroxyl groups excluding tert-OH is 1. The molecule has 1 heterocycles. The van der Waals surface area contributed by atoms with Crippen LogP contribution in [0.1, 0.15) is 37.3 Å². The summed E-state index contributed by atoms with van der Waals surface area (Å²) in [6.07, 6.45) is 0.00682. The third kappa shape index (κ3) is 3.75. The van der Waals surface area contributed by atoms with Crippen LogP contribution >= 0.6 is 0 Å². The summed E-state index contributed by atoms with van der Waals surface area (Å²) in [6.45, 7) is 4.00. The third-order valence-corrected chi connectivity index (χ3v) is 3.53. The minimum absolute atomic E-state index is 0.00682. The first-order valence-electron chi connectivity index (χ1n) is 6.50. The van der Waals surface area contributed by atoms with Gasteiger partial charge in [-0.05, 0) is 26.7 Å². The van der Waals surface area contributed by atoms with Crippen molar-refractivity contribution < 1.29 is 18.7 Å². The molecule has 2 N–H and O–H groups in total. The van der Waals surface area contributed by atoms with E-state index < -0.39 is 6.55 Å². The molecule has 0 aliphatic carbocycles. The maximum Gasteiger partial charge on any atom is 0.333 e. The molecule has 0 aliphatic rings. The number of aliphatic hydroxyl groups is 1. The van der Waals surface area contributed by atoms with Gasteiger partial charge in [-0.1, -0.05) is 6.92 Å². The molecule has 1 amide bonds. The number of nitrogens with zero attached hydrogens (tertiary/aromatic N) is 2. The highest BCUT2D eigenvalue weighted by molar-refractivity contribution is 5.79. The van der Waals surface area contributed by atoms with Gasteiger partial charge in [0.15, 0.2) is 0 Å². The van der Waals surface area contributed by atoms with Gasteiger partial charge in [0.25, 0.3) is 0 Å². The highest BCUT2D eigenvalue weighted by atomic mass is 19.3. The smallest absolute Gasteiger partial charge is 0.333 e. The second-order valence-corrected chi connectivity index (χ2v) is 5.06. The number of rotatable bonds is 6. The fourth-order valence-electron chi connectivity index (χ4n) is 1.91. The second-order valence-electron chi connectivity index (χ2n) is 5.06. The Balaban J connectivity index is 2.76. The summed E-state index contributed by atoms with van der Waals surface area (Å²) >= 11 is 0. The zero-order chi connectivity index (χ0) is 15.4. The van der Waals surface area contributed by atoms with Gasteiger partial charge in [-0.15, -0.1) is 0 Å². The van der Waals surface area contributed by atoms with Crippen molar-refractivity contribution in [3.05, 3.63) is 17.0 Å². The van der Waals surface area contributed by atoms with E-state index in [1.54, 1.807) is 13.8 Å². The molecule has 0 aromatic carbocycles. The molecule has 2 unspecified atom stereocenters. The summed E-state index contributed by atoms with van der Waals surface area (Å²) in [7, 11) is 0. The Morgan fingerprint density at radius 1 is 1.40 bits per heavy atom. The van der Waals surface area contributed by atoms with Gasteiger partial charge < -0.3 is 10.4 Å². The van der Waals surface area contributed by atoms with Crippen molar-refractivity contribution in [2.45, 2.75) is 46.7 Å². The van der Waals surface area contributed by atoms with Crippen molar-refractivity contribution in [3.8, 4) is 0 Å². The number of aryl methyl sites for hydroxylation is 1. The van der Waals surface area contributed by atoms with E-state index in [1.807, 2.05) is 6.92 Å². The van der Waals surface area contributed by atoms with Crippen LogP contribution in [-0.4, -0.2) is 33.4 Å². The highest BCUT2D eigenvalue weighted by Crippen LogP contribution is 2.19. The lowest BCUT2D eigenvalue weighted by Crippen LogP contribution is -2.39. The van der Waals surface area contributed by atoms with E-state index in [0.29, 0.717) is 21.6 Å². The molecule has 1 rings (SSSR count). The summed E-state index contributed by atoms with van der Waals surface area (Å²) in [5.41, 5.74) is 1.25. The second kappa shape index (κ2) is 6.78. The van der Waals surface area contributed by atoms with Crippen molar-refractivity contribution in [1.82, 2.24) is 15.1 Å². The quantitative estimate of drug-likeness (QED) is 0.835. The van der Waals surface area contributed by atoms with E-state index in [0.717, 1.165) is 0 Å². The largest absolute Gasteiger partial charge is 0.396 e. The summed E-state index contributed by atoms with van der Waals surface area (Å²) in [4.78, 5) is 11.9. The molecule has 0 radical (unpaired) electrons. The first-order chi connectivity index (χ1) is 9.27. The molecule has 2 atom stereocenters. The van der Waals surface area contributed by atoms with Crippen molar-refractivity contribution in [2.24, 2.45) is 5.92 Å². The zero-order valence-corrected chi connectivity index (χ0v) is 12.2. The maximum atomic E-state index is 12.7. The van der Waals surface area contributed by atoms with Crippen molar-refractivity contribution >= 4 is 5.91 Å². The van der Waals surface area contributed by atoms with E-state index >= 15 is 0 Å². The number of halogens is 2. The maximum absolute atomic E-state index is 12.7. The van der Waals surface area contributed by atoms with Crippen LogP contribution in [0.5, 0.6) is 0 Å². The minimum Gasteiger partial charge on any atom is -0.396 e. The van der Waals surface area contributed by atoms with Crippen molar-refractivity contribution in [1.29, 1.82) is 0 Å². The molecule has 0 saturated carbocycles. The fraction of sp³-hybridized carbons (Fsp3) is 0.692. The average Bonchev–Trinajstić information content (AvgIpc) is 2.65. The van der Waals surface area contributed by atoms with Gasteiger partial charge in [-0.2, -0.15) is 13.9 Å². The summed E-state index contributed by atoms with van der Waals surface area (Å²) in [5.74, 6) is -0.331. The molecular formula is C13H21F2N3O2. The molecule has 7 heteroatoms. The number of nitrogens with one attached hydrogen (secondary N) is 1. The number of alkyl halides is 2. The molecule has 0 saturated heterocycles. The molecule has 0 bridgehead atoms. The Bertz CT molecular complexity index is 474. The van der Waals surface area contributed by atoms with E-state index in [9.17, 15) is 13.6 Å². The lowest BCUT2D eigenvalue weighted by molar-refractivity contribution is -0.121.